The number of nitrogens with zero attached hydrogens (tertiary/aromatic N) is 2. The zero-order chi connectivity index (χ0) is 19.0. The third-order valence-corrected chi connectivity index (χ3v) is 4.77. The highest BCUT2D eigenvalue weighted by Crippen LogP contribution is 2.37. The number of halogens is 2. The van der Waals surface area contributed by atoms with E-state index in [0.29, 0.717) is 38.1 Å². The van der Waals surface area contributed by atoms with Gasteiger partial charge in [-0.25, -0.2) is 0 Å². The molecule has 2 N–H and O–H groups in total. The minimum atomic E-state index is -0.118. The standard InChI is InChI=1S/C20H12Cl2N2O3/c21-15-6-5-12(8-16(15)22)23-10-11-7-14(18(26)9-17(11)25)20-13-3-1-2-4-19(13)27-24-20/h1-10,25-26H. The first kappa shape index (κ1) is 17.4. The number of hydrogen-bond acceptors (Lipinski definition) is 5. The van der Waals surface area contributed by atoms with Gasteiger partial charge in [0.25, 0.3) is 0 Å². The molecule has 27 heavy (non-hydrogen) atoms. The summed E-state index contributed by atoms with van der Waals surface area (Å²) in [6.45, 7) is 0. The van der Waals surface area contributed by atoms with Gasteiger partial charge in [0, 0.05) is 28.8 Å². The lowest BCUT2D eigenvalue weighted by Crippen LogP contribution is -1.87. The van der Waals surface area contributed by atoms with Gasteiger partial charge in [0.05, 0.1) is 15.7 Å². The summed E-state index contributed by atoms with van der Waals surface area (Å²) in [7, 11) is 0. The van der Waals surface area contributed by atoms with Crippen LogP contribution in [0.2, 0.25) is 10.0 Å². The van der Waals surface area contributed by atoms with Crippen LogP contribution in [0, 0.1) is 0 Å². The van der Waals surface area contributed by atoms with E-state index in [2.05, 4.69) is 10.1 Å². The highest BCUT2D eigenvalue weighted by Gasteiger charge is 2.16. The summed E-state index contributed by atoms with van der Waals surface area (Å²) in [5.74, 6) is -0.230. The zero-order valence-electron chi connectivity index (χ0n) is 13.7. The van der Waals surface area contributed by atoms with Crippen LogP contribution in [-0.4, -0.2) is 21.6 Å². The summed E-state index contributed by atoms with van der Waals surface area (Å²) in [5, 5.41) is 26.1. The minimum Gasteiger partial charge on any atom is -0.507 e. The van der Waals surface area contributed by atoms with Gasteiger partial charge < -0.3 is 14.7 Å². The van der Waals surface area contributed by atoms with Crippen LogP contribution in [0.15, 0.2) is 64.1 Å². The van der Waals surface area contributed by atoms with Crippen molar-refractivity contribution in [3.05, 3.63) is 70.2 Å². The monoisotopic (exact) mass is 398 g/mol. The van der Waals surface area contributed by atoms with Gasteiger partial charge in [0.1, 0.15) is 17.2 Å². The van der Waals surface area contributed by atoms with Crippen molar-refractivity contribution in [1.29, 1.82) is 0 Å². The Hall–Kier alpha value is -3.02. The molecule has 0 aliphatic carbocycles. The van der Waals surface area contributed by atoms with Crippen LogP contribution < -0.4 is 0 Å². The average Bonchev–Trinajstić information content (AvgIpc) is 3.08. The first-order valence-corrected chi connectivity index (χ1v) is 8.68. The summed E-state index contributed by atoms with van der Waals surface area (Å²) in [4.78, 5) is 4.30. The largest absolute Gasteiger partial charge is 0.507 e. The molecule has 5 nitrogen and oxygen atoms in total. The fourth-order valence-corrected chi connectivity index (χ4v) is 2.97. The van der Waals surface area contributed by atoms with E-state index in [4.69, 9.17) is 27.7 Å². The van der Waals surface area contributed by atoms with Crippen molar-refractivity contribution in [1.82, 2.24) is 5.16 Å². The third-order valence-electron chi connectivity index (χ3n) is 4.03. The Balaban J connectivity index is 1.77. The normalized spacial score (nSPS) is 11.5. The van der Waals surface area contributed by atoms with Gasteiger partial charge >= 0.3 is 0 Å². The number of rotatable bonds is 3. The van der Waals surface area contributed by atoms with Crippen LogP contribution >= 0.6 is 23.2 Å². The van der Waals surface area contributed by atoms with Crippen molar-refractivity contribution >= 4 is 46.1 Å². The Kier molecular flexibility index (Phi) is 4.48. The second-order valence-electron chi connectivity index (χ2n) is 5.81. The number of fused-ring (bicyclic) bond motifs is 1. The molecule has 0 bridgehead atoms. The van der Waals surface area contributed by atoms with E-state index in [1.807, 2.05) is 18.2 Å². The molecule has 0 saturated carbocycles. The van der Waals surface area contributed by atoms with Crippen molar-refractivity contribution in [2.45, 2.75) is 0 Å². The molecular formula is C20H12Cl2N2O3. The quantitative estimate of drug-likeness (QED) is 0.417. The van der Waals surface area contributed by atoms with E-state index in [0.717, 1.165) is 5.39 Å². The van der Waals surface area contributed by atoms with E-state index in [1.54, 1.807) is 30.3 Å². The van der Waals surface area contributed by atoms with Gasteiger partial charge in [-0.1, -0.05) is 40.5 Å². The van der Waals surface area contributed by atoms with Gasteiger partial charge in [-0.3, -0.25) is 4.99 Å². The Morgan fingerprint density at radius 1 is 0.926 bits per heavy atom. The predicted octanol–water partition coefficient (Wildman–Crippen LogP) is 5.96. The number of phenols is 2. The van der Waals surface area contributed by atoms with Gasteiger partial charge in [0.15, 0.2) is 5.58 Å². The van der Waals surface area contributed by atoms with Crippen molar-refractivity contribution in [2.24, 2.45) is 4.99 Å². The number of hydrogen-bond donors (Lipinski definition) is 2. The van der Waals surface area contributed by atoms with Crippen LogP contribution in [-0.2, 0) is 0 Å². The molecule has 1 aromatic heterocycles. The van der Waals surface area contributed by atoms with Gasteiger partial charge in [0.2, 0.25) is 0 Å². The molecule has 3 aromatic carbocycles. The molecule has 134 valence electrons. The molecule has 0 spiro atoms. The Morgan fingerprint density at radius 3 is 2.56 bits per heavy atom. The molecule has 0 aliphatic heterocycles. The maximum absolute atomic E-state index is 10.3. The van der Waals surface area contributed by atoms with Crippen LogP contribution in [0.5, 0.6) is 11.5 Å². The summed E-state index contributed by atoms with van der Waals surface area (Å²) in [6.07, 6.45) is 1.47. The van der Waals surface area contributed by atoms with Crippen LogP contribution in [0.25, 0.3) is 22.2 Å². The molecule has 0 fully saturated rings. The van der Waals surface area contributed by atoms with E-state index >= 15 is 0 Å². The lowest BCUT2D eigenvalue weighted by atomic mass is 10.0. The molecule has 7 heteroatoms. The van der Waals surface area contributed by atoms with Gasteiger partial charge in [-0.15, -0.1) is 0 Å². The molecular weight excluding hydrogens is 387 g/mol. The first-order valence-electron chi connectivity index (χ1n) is 7.93. The van der Waals surface area contributed by atoms with E-state index in [-0.39, 0.29) is 11.5 Å². The maximum Gasteiger partial charge on any atom is 0.167 e. The third kappa shape index (κ3) is 3.35. The van der Waals surface area contributed by atoms with Crippen molar-refractivity contribution in [2.75, 3.05) is 0 Å². The van der Waals surface area contributed by atoms with Gasteiger partial charge in [-0.2, -0.15) is 0 Å². The summed E-state index contributed by atoms with van der Waals surface area (Å²) < 4.78 is 5.30. The summed E-state index contributed by atoms with van der Waals surface area (Å²) in [6, 6.07) is 15.1. The second kappa shape index (κ2) is 6.95. The predicted molar refractivity (Wildman–Crippen MR) is 106 cm³/mol. The lowest BCUT2D eigenvalue weighted by molar-refractivity contribution is 0.446. The highest BCUT2D eigenvalue weighted by atomic mass is 35.5. The minimum absolute atomic E-state index is 0.113. The molecule has 0 amide bonds. The fraction of sp³-hybridized carbons (Fsp3) is 0. The molecule has 0 aliphatic rings. The topological polar surface area (TPSA) is 78.9 Å². The van der Waals surface area contributed by atoms with E-state index in [9.17, 15) is 10.2 Å². The van der Waals surface area contributed by atoms with E-state index in [1.165, 1.54) is 12.3 Å². The molecule has 0 radical (unpaired) electrons. The van der Waals surface area contributed by atoms with Crippen molar-refractivity contribution in [3.8, 4) is 22.8 Å². The van der Waals surface area contributed by atoms with Crippen molar-refractivity contribution in [3.63, 3.8) is 0 Å². The molecule has 4 rings (SSSR count). The second-order valence-corrected chi connectivity index (χ2v) is 6.63. The smallest absolute Gasteiger partial charge is 0.167 e. The van der Waals surface area contributed by atoms with Gasteiger partial charge in [-0.05, 0) is 36.4 Å². The van der Waals surface area contributed by atoms with Crippen LogP contribution in [0.1, 0.15) is 5.56 Å². The number of phenolic OH excluding ortho intramolecular Hbond substituents is 2. The molecule has 0 unspecified atom stereocenters. The maximum atomic E-state index is 10.3. The Morgan fingerprint density at radius 2 is 1.74 bits per heavy atom. The summed E-state index contributed by atoms with van der Waals surface area (Å²) >= 11 is 11.9. The number of aromatic nitrogens is 1. The first-order chi connectivity index (χ1) is 13.0. The van der Waals surface area contributed by atoms with Crippen LogP contribution in [0.4, 0.5) is 5.69 Å². The highest BCUT2D eigenvalue weighted by molar-refractivity contribution is 6.42. The number of para-hydroxylation sites is 1. The number of benzene rings is 3. The SMILES string of the molecule is Oc1cc(O)c(-c2noc3ccccc23)cc1C=Nc1ccc(Cl)c(Cl)c1. The fourth-order valence-electron chi connectivity index (χ4n) is 2.68. The average molecular weight is 399 g/mol. The number of aliphatic imine (C=N–C) groups is 1. The Labute approximate surface area is 164 Å². The van der Waals surface area contributed by atoms with Crippen molar-refractivity contribution < 1.29 is 14.7 Å². The van der Waals surface area contributed by atoms with E-state index < -0.39 is 0 Å². The zero-order valence-corrected chi connectivity index (χ0v) is 15.2. The molecule has 0 saturated heterocycles. The lowest BCUT2D eigenvalue weighted by Gasteiger charge is -2.06. The van der Waals surface area contributed by atoms with Crippen LogP contribution in [0.3, 0.4) is 0 Å². The Bertz CT molecular complexity index is 1190. The molecule has 1 heterocycles. The summed E-state index contributed by atoms with van der Waals surface area (Å²) in [5.41, 5.74) is 2.48. The number of aromatic hydroxyl groups is 2. The molecule has 4 aromatic rings. The molecule has 0 atom stereocenters.